The molecule has 24 aromatic carbocycles. The molecular formula is C124H76O3. The van der Waals surface area contributed by atoms with Crippen molar-refractivity contribution in [2.75, 3.05) is 0 Å². The quantitative estimate of drug-likeness (QED) is 0.107. The minimum atomic E-state index is -0.713. The fourth-order valence-corrected chi connectivity index (χ4v) is 18.9. The standard InChI is InChI=1S/C48H28O.2C38H24O/c1-2-11-29(12-3-1)33-27-28-41(47-40-19-8-9-20-42(40)49-48(33)47)46-36-17-6-4-15-34(36)45(35-16-5-7-18-37(35)46)39-26-24-32-22-21-30-13-10-14-31-23-25-38(39)44(32)43(30)31;1-3-12-25(13-4-1)28-20-11-21-35-38(28)33-24-27(22-23-34(33)39-35)37-31-18-9-7-16-29(31)36(26-14-5-2-6-15-26)30-17-8-10-19-32(30)37;1-3-11-25(12-4-1)27-19-21-29-34-23-28(20-22-35(34)39-36(29)24-27)38-32-17-9-7-15-30(32)37(26-13-5-2-6-14-26)31-16-8-10-18-33(31)38/h1-28H;2*1-24H/i4D,6D,15D,17D;2D,5D,6D,7D,8D,9D,10D,14D,15D,16D,17D,18D,19D;2D,5D,6D,7D,8D,9D,10D,13D,14D,15D,16D,17D,18D. The second kappa shape index (κ2) is 30.1. The first-order valence-electron chi connectivity index (χ1n) is 56.2. The molecule has 0 saturated heterocycles. The van der Waals surface area contributed by atoms with Crippen molar-refractivity contribution in [3.8, 4) is 100 Å². The van der Waals surface area contributed by atoms with E-state index in [4.69, 9.17) is 48.9 Å². The Morgan fingerprint density at radius 2 is 0.528 bits per heavy atom. The Kier molecular flexibility index (Phi) is 11.6. The van der Waals surface area contributed by atoms with Gasteiger partial charge in [0.25, 0.3) is 0 Å². The maximum atomic E-state index is 9.58. The van der Waals surface area contributed by atoms with Gasteiger partial charge in [-0.3, -0.25) is 0 Å². The summed E-state index contributed by atoms with van der Waals surface area (Å²) in [4.78, 5) is 0. The summed E-state index contributed by atoms with van der Waals surface area (Å²) in [5.41, 5.74) is 12.0. The van der Waals surface area contributed by atoms with E-state index >= 15 is 0 Å². The lowest BCUT2D eigenvalue weighted by atomic mass is 9.82. The summed E-state index contributed by atoms with van der Waals surface area (Å²) in [5, 5.41) is 12.8. The van der Waals surface area contributed by atoms with Gasteiger partial charge >= 0.3 is 0 Å². The van der Waals surface area contributed by atoms with Crippen LogP contribution in [-0.4, -0.2) is 0 Å². The molecule has 0 fully saturated rings. The van der Waals surface area contributed by atoms with Crippen molar-refractivity contribution in [2.24, 2.45) is 0 Å². The summed E-state index contributed by atoms with van der Waals surface area (Å²) in [6, 6.07) is 73.7. The molecule has 3 nitrogen and oxygen atoms in total. The maximum absolute atomic E-state index is 9.58. The lowest BCUT2D eigenvalue weighted by Crippen LogP contribution is -1.93. The highest BCUT2D eigenvalue weighted by molar-refractivity contribution is 6.32. The lowest BCUT2D eigenvalue weighted by Gasteiger charge is -2.20. The number of benzene rings is 24. The molecule has 0 spiro atoms. The third-order valence-corrected chi connectivity index (χ3v) is 24.3. The van der Waals surface area contributed by atoms with E-state index in [0.29, 0.717) is 55.0 Å². The van der Waals surface area contributed by atoms with E-state index in [1.807, 2.05) is 146 Å². The van der Waals surface area contributed by atoms with Crippen LogP contribution in [0.1, 0.15) is 41.1 Å². The highest BCUT2D eigenvalue weighted by Crippen LogP contribution is 2.53. The highest BCUT2D eigenvalue weighted by Gasteiger charge is 2.27. The molecule has 0 bridgehead atoms. The number of furan rings is 3. The van der Waals surface area contributed by atoms with E-state index < -0.39 is 168 Å². The van der Waals surface area contributed by atoms with Gasteiger partial charge in [-0.1, -0.05) is 406 Å². The second-order valence-corrected chi connectivity index (χ2v) is 31.1. The number of fused-ring (bicyclic) bond motifs is 15. The van der Waals surface area contributed by atoms with Gasteiger partial charge in [0.1, 0.15) is 33.5 Å². The van der Waals surface area contributed by atoms with Gasteiger partial charge in [0, 0.05) is 37.9 Å². The van der Waals surface area contributed by atoms with Gasteiger partial charge in [-0.05, 0) is 246 Å². The van der Waals surface area contributed by atoms with E-state index in [9.17, 15) is 5.48 Å². The van der Waals surface area contributed by atoms with Gasteiger partial charge < -0.3 is 13.3 Å². The largest absolute Gasteiger partial charge is 0.456 e. The molecule has 127 heavy (non-hydrogen) atoms. The van der Waals surface area contributed by atoms with Crippen LogP contribution in [0.5, 0.6) is 0 Å². The van der Waals surface area contributed by atoms with Gasteiger partial charge in [-0.2, -0.15) is 0 Å². The number of para-hydroxylation sites is 1. The zero-order valence-corrected chi connectivity index (χ0v) is 66.8. The van der Waals surface area contributed by atoms with Crippen molar-refractivity contribution < 1.29 is 54.4 Å². The molecule has 0 radical (unpaired) electrons. The molecule has 27 rings (SSSR count). The highest BCUT2D eigenvalue weighted by atomic mass is 16.3. The topological polar surface area (TPSA) is 39.4 Å². The van der Waals surface area contributed by atoms with Gasteiger partial charge in [0.2, 0.25) is 0 Å². The number of rotatable bonds is 9. The summed E-state index contributed by atoms with van der Waals surface area (Å²) in [7, 11) is 0. The van der Waals surface area contributed by atoms with E-state index in [1.54, 1.807) is 36.4 Å². The van der Waals surface area contributed by atoms with Crippen LogP contribution < -0.4 is 0 Å². The van der Waals surface area contributed by atoms with E-state index in [-0.39, 0.29) is 89.5 Å². The summed E-state index contributed by atoms with van der Waals surface area (Å²) in [6.07, 6.45) is 0. The zero-order valence-electron chi connectivity index (χ0n) is 96.8. The predicted molar refractivity (Wildman–Crippen MR) is 539 cm³/mol. The Hall–Kier alpha value is -16.7. The monoisotopic (exact) mass is 1640 g/mol. The number of hydrogen-bond donors (Lipinski definition) is 0. The Balaban J connectivity index is 0.000000120. The molecule has 0 amide bonds. The van der Waals surface area contributed by atoms with Crippen molar-refractivity contribution in [1.82, 2.24) is 0 Å². The molecule has 27 aromatic rings. The zero-order chi connectivity index (χ0) is 110. The van der Waals surface area contributed by atoms with Crippen LogP contribution in [0.15, 0.2) is 474 Å². The van der Waals surface area contributed by atoms with Gasteiger partial charge in [-0.25, -0.2) is 0 Å². The molecule has 590 valence electrons. The molecule has 0 saturated carbocycles. The van der Waals surface area contributed by atoms with Crippen LogP contribution in [-0.2, 0) is 0 Å². The Labute approximate surface area is 774 Å². The summed E-state index contributed by atoms with van der Waals surface area (Å²) < 4.78 is 284. The average molecular weight is 1640 g/mol. The number of hydrogen-bond acceptors (Lipinski definition) is 3. The molecule has 0 aliphatic rings. The minimum Gasteiger partial charge on any atom is -0.456 e. The van der Waals surface area contributed by atoms with Gasteiger partial charge in [0.15, 0.2) is 0 Å². The summed E-state index contributed by atoms with van der Waals surface area (Å²) in [6.45, 7) is 0. The molecule has 0 unspecified atom stereocenters. The van der Waals surface area contributed by atoms with E-state index in [0.717, 1.165) is 115 Å². The van der Waals surface area contributed by atoms with Crippen molar-refractivity contribution in [3.05, 3.63) is 460 Å². The first kappa shape index (κ1) is 48.8. The van der Waals surface area contributed by atoms with Crippen LogP contribution in [0.3, 0.4) is 0 Å². The molecule has 0 atom stereocenters. The fraction of sp³-hybridized carbons (Fsp3) is 0. The van der Waals surface area contributed by atoms with Crippen LogP contribution >= 0.6 is 0 Å². The molecular weight excluding hydrogens is 1540 g/mol. The first-order valence-corrected chi connectivity index (χ1v) is 41.2. The lowest BCUT2D eigenvalue weighted by molar-refractivity contribution is 0.668. The predicted octanol–water partition coefficient (Wildman–Crippen LogP) is 35.6. The van der Waals surface area contributed by atoms with Crippen LogP contribution in [0.2, 0.25) is 0 Å². The van der Waals surface area contributed by atoms with Gasteiger partial charge in [0.05, 0.1) is 41.1 Å². The molecule has 3 heterocycles. The third-order valence-electron chi connectivity index (χ3n) is 24.3. The van der Waals surface area contributed by atoms with E-state index in [1.165, 1.54) is 16.2 Å². The maximum Gasteiger partial charge on any atom is 0.143 e. The Morgan fingerprint density at radius 1 is 0.150 bits per heavy atom. The molecule has 3 heteroatoms. The summed E-state index contributed by atoms with van der Waals surface area (Å²) in [5.74, 6) is 0. The third kappa shape index (κ3) is 12.0. The van der Waals surface area contributed by atoms with Crippen molar-refractivity contribution >= 4 is 163 Å². The van der Waals surface area contributed by atoms with Crippen LogP contribution in [0.25, 0.3) is 263 Å². The SMILES string of the molecule is [2H]c1c([2H])c([2H])c(-c2c3c([2H])c([2H])c([2H])c([2H])c3c(-c3ccc4oc5cc(-c6ccccc6)ccc5c4c3)c3c([2H])c([2H])c([2H])c([2H])c23)c([2H])c1[2H].[2H]c1c([2H])c([2H])c(-c2c3c([2H])c([2H])c([2H])c([2H])c3c(-c3ccc4oc5cccc(-c6ccccc6)c5c4c3)c3c([2H])c([2H])c([2H])c([2H])c23)c([2H])c1[2H].[2H]c1c([2H])c([2H])c2c(-c3ccc(-c4ccccc4)c4oc5ccccc5c34)c3ccccc3c(-c3ccc4ccc5cccc6ccc3c4c56)c2c1[2H]. The Bertz CT molecular complexity index is 10800. The van der Waals surface area contributed by atoms with E-state index in [2.05, 4.69) is 97.1 Å². The van der Waals surface area contributed by atoms with Crippen molar-refractivity contribution in [3.63, 3.8) is 0 Å². The van der Waals surface area contributed by atoms with Gasteiger partial charge in [-0.15, -0.1) is 0 Å². The van der Waals surface area contributed by atoms with Crippen LogP contribution in [0, 0.1) is 0 Å². The molecule has 0 aliphatic heterocycles. The Morgan fingerprint density at radius 3 is 1.08 bits per heavy atom. The smallest absolute Gasteiger partial charge is 0.143 e. The molecule has 0 aliphatic carbocycles. The average Bonchev–Trinajstić information content (AvgIpc) is 1.01. The first-order chi connectivity index (χ1) is 75.5. The minimum absolute atomic E-state index is 0.0529. The fourth-order valence-electron chi connectivity index (χ4n) is 18.9. The normalized spacial score (nSPS) is 15.1. The second-order valence-electron chi connectivity index (χ2n) is 31.1. The van der Waals surface area contributed by atoms with Crippen LogP contribution in [0.4, 0.5) is 0 Å². The summed E-state index contributed by atoms with van der Waals surface area (Å²) >= 11 is 0. The molecule has 3 aromatic heterocycles. The molecule has 0 N–H and O–H groups in total. The van der Waals surface area contributed by atoms with Crippen molar-refractivity contribution in [1.29, 1.82) is 0 Å². The van der Waals surface area contributed by atoms with Crippen molar-refractivity contribution in [2.45, 2.75) is 0 Å².